The van der Waals surface area contributed by atoms with Crippen LogP contribution in [0.3, 0.4) is 0 Å². The van der Waals surface area contributed by atoms with Crippen molar-refractivity contribution in [1.82, 2.24) is 0 Å². The van der Waals surface area contributed by atoms with Crippen molar-refractivity contribution in [2.75, 3.05) is 0 Å². The molecule has 2 heteroatoms. The maximum atomic E-state index is 4.33. The first-order valence-corrected chi connectivity index (χ1v) is 4.57. The molecule has 0 radical (unpaired) electrons. The van der Waals surface area contributed by atoms with E-state index < -0.39 is 0 Å². The van der Waals surface area contributed by atoms with Gasteiger partial charge in [-0.15, -0.1) is 0 Å². The SMILES string of the molecule is [W]=[N]C1CCCCC1. The van der Waals surface area contributed by atoms with E-state index in [1.807, 2.05) is 0 Å². The Morgan fingerprint density at radius 3 is 2.12 bits per heavy atom. The van der Waals surface area contributed by atoms with Crippen molar-refractivity contribution in [3.05, 3.63) is 0 Å². The van der Waals surface area contributed by atoms with Gasteiger partial charge in [0.1, 0.15) is 0 Å². The van der Waals surface area contributed by atoms with Crippen molar-refractivity contribution in [2.45, 2.75) is 38.1 Å². The van der Waals surface area contributed by atoms with E-state index >= 15 is 0 Å². The monoisotopic (exact) mass is 281 g/mol. The summed E-state index contributed by atoms with van der Waals surface area (Å²) in [6.45, 7) is 0. The average molecular weight is 281 g/mol. The first-order valence-electron chi connectivity index (χ1n) is 3.26. The second-order valence-electron chi connectivity index (χ2n) is 2.40. The standard InChI is InChI=1S/C6H11N.W/c7-6-4-2-1-3-5-6;/h6H,1-5H2;. The van der Waals surface area contributed by atoms with Gasteiger partial charge >= 0.3 is 61.3 Å². The van der Waals surface area contributed by atoms with Gasteiger partial charge in [-0.05, 0) is 0 Å². The molecule has 0 atom stereocenters. The van der Waals surface area contributed by atoms with Crippen LogP contribution in [0.1, 0.15) is 32.1 Å². The number of nitrogens with zero attached hydrogens (tertiary/aromatic N) is 1. The molecule has 1 nitrogen and oxygen atoms in total. The molecule has 1 aliphatic rings. The van der Waals surface area contributed by atoms with Crippen LogP contribution in [-0.4, -0.2) is 6.04 Å². The zero-order valence-corrected chi connectivity index (χ0v) is 7.90. The summed E-state index contributed by atoms with van der Waals surface area (Å²) in [6, 6.07) is 0.749. The minimum atomic E-state index is 0.749. The summed E-state index contributed by atoms with van der Waals surface area (Å²) in [6.07, 6.45) is 7.01. The topological polar surface area (TPSA) is 12.4 Å². The molecule has 0 amide bonds. The Morgan fingerprint density at radius 1 is 1.12 bits per heavy atom. The van der Waals surface area contributed by atoms with Gasteiger partial charge in [-0.25, -0.2) is 0 Å². The Balaban J connectivity index is 2.22. The Hall–Kier alpha value is 0.488. The van der Waals surface area contributed by atoms with Crippen LogP contribution >= 0.6 is 0 Å². The molecule has 0 unspecified atom stereocenters. The van der Waals surface area contributed by atoms with Gasteiger partial charge in [0.2, 0.25) is 0 Å². The Morgan fingerprint density at radius 2 is 1.75 bits per heavy atom. The number of rotatable bonds is 1. The minimum absolute atomic E-state index is 0.749. The van der Waals surface area contributed by atoms with Crippen LogP contribution in [0, 0.1) is 0 Å². The molecule has 0 aromatic rings. The molecule has 1 saturated carbocycles. The van der Waals surface area contributed by atoms with Crippen molar-refractivity contribution in [3.63, 3.8) is 0 Å². The van der Waals surface area contributed by atoms with E-state index in [9.17, 15) is 0 Å². The normalized spacial score (nSPS) is 23.0. The van der Waals surface area contributed by atoms with Gasteiger partial charge in [-0.2, -0.15) is 0 Å². The molecule has 0 spiro atoms. The fraction of sp³-hybridized carbons (Fsp3) is 1.00. The first kappa shape index (κ1) is 6.61. The first-order chi connectivity index (χ1) is 3.93. The third kappa shape index (κ3) is 1.78. The zero-order valence-electron chi connectivity index (χ0n) is 4.97. The summed E-state index contributed by atoms with van der Waals surface area (Å²) in [4.78, 5) is 0. The molecular formula is C6H11NW. The van der Waals surface area contributed by atoms with E-state index in [0.717, 1.165) is 6.04 Å². The molecule has 0 heterocycles. The molecule has 0 aromatic carbocycles. The van der Waals surface area contributed by atoms with Gasteiger partial charge in [-0.3, -0.25) is 0 Å². The zero-order chi connectivity index (χ0) is 5.82. The van der Waals surface area contributed by atoms with Crippen molar-refractivity contribution < 1.29 is 19.6 Å². The molecule has 1 fully saturated rings. The average Bonchev–Trinajstić information content (AvgIpc) is 1.90. The van der Waals surface area contributed by atoms with Crippen LogP contribution in [-0.2, 0) is 19.6 Å². The summed E-state index contributed by atoms with van der Waals surface area (Å²) < 4.78 is 4.33. The van der Waals surface area contributed by atoms with Gasteiger partial charge in [0.15, 0.2) is 0 Å². The summed E-state index contributed by atoms with van der Waals surface area (Å²) in [7, 11) is 0. The van der Waals surface area contributed by atoms with E-state index in [2.05, 4.69) is 3.50 Å². The van der Waals surface area contributed by atoms with Crippen molar-refractivity contribution in [3.8, 4) is 0 Å². The Labute approximate surface area is 61.6 Å². The maximum absolute atomic E-state index is 4.33. The molecular weight excluding hydrogens is 270 g/mol. The molecule has 0 bridgehead atoms. The van der Waals surface area contributed by atoms with Gasteiger partial charge in [0.25, 0.3) is 0 Å². The molecule has 46 valence electrons. The Bertz CT molecular complexity index is 76.6. The van der Waals surface area contributed by atoms with Gasteiger partial charge in [0.05, 0.1) is 0 Å². The second kappa shape index (κ2) is 3.50. The van der Waals surface area contributed by atoms with Crippen LogP contribution in [0.25, 0.3) is 0 Å². The van der Waals surface area contributed by atoms with Crippen molar-refractivity contribution >= 4 is 0 Å². The van der Waals surface area contributed by atoms with E-state index in [1.54, 1.807) is 0 Å². The molecule has 0 N–H and O–H groups in total. The van der Waals surface area contributed by atoms with Crippen LogP contribution in [0.5, 0.6) is 0 Å². The fourth-order valence-electron chi connectivity index (χ4n) is 1.19. The predicted molar refractivity (Wildman–Crippen MR) is 29.3 cm³/mol. The van der Waals surface area contributed by atoms with E-state index in [0.29, 0.717) is 0 Å². The third-order valence-electron chi connectivity index (χ3n) is 1.72. The number of hydrogen-bond donors (Lipinski definition) is 0. The van der Waals surface area contributed by atoms with Crippen LogP contribution in [0.2, 0.25) is 0 Å². The number of hydrogen-bond acceptors (Lipinski definition) is 1. The van der Waals surface area contributed by atoms with Crippen LogP contribution in [0.4, 0.5) is 0 Å². The molecule has 8 heavy (non-hydrogen) atoms. The molecule has 0 aliphatic heterocycles. The van der Waals surface area contributed by atoms with Gasteiger partial charge in [0, 0.05) is 0 Å². The third-order valence-corrected chi connectivity index (χ3v) is 2.79. The summed E-state index contributed by atoms with van der Waals surface area (Å²) in [5.74, 6) is 0. The summed E-state index contributed by atoms with van der Waals surface area (Å²) in [5.41, 5.74) is 0. The van der Waals surface area contributed by atoms with Gasteiger partial charge < -0.3 is 0 Å². The van der Waals surface area contributed by atoms with Crippen molar-refractivity contribution in [2.24, 2.45) is 3.50 Å². The van der Waals surface area contributed by atoms with Crippen LogP contribution in [0.15, 0.2) is 3.50 Å². The molecule has 0 saturated heterocycles. The van der Waals surface area contributed by atoms with Crippen molar-refractivity contribution in [1.29, 1.82) is 0 Å². The molecule has 1 aliphatic carbocycles. The fourth-order valence-corrected chi connectivity index (χ4v) is 1.94. The van der Waals surface area contributed by atoms with E-state index in [4.69, 9.17) is 0 Å². The Kier molecular flexibility index (Phi) is 2.89. The molecule has 1 rings (SSSR count). The van der Waals surface area contributed by atoms with E-state index in [-0.39, 0.29) is 0 Å². The van der Waals surface area contributed by atoms with E-state index in [1.165, 1.54) is 51.7 Å². The second-order valence-corrected chi connectivity index (χ2v) is 3.15. The molecule has 0 aromatic heterocycles. The van der Waals surface area contributed by atoms with Gasteiger partial charge in [-0.1, -0.05) is 0 Å². The predicted octanol–water partition coefficient (Wildman–Crippen LogP) is 2.05. The summed E-state index contributed by atoms with van der Waals surface area (Å²) in [5, 5.41) is 0. The van der Waals surface area contributed by atoms with Crippen LogP contribution < -0.4 is 0 Å². The summed E-state index contributed by atoms with van der Waals surface area (Å²) >= 11 is 1.41. The quantitative estimate of drug-likeness (QED) is 0.697.